The number of hydrogen-bond acceptors (Lipinski definition) is 3. The molecule has 1 amide bonds. The van der Waals surface area contributed by atoms with Crippen LogP contribution in [-0.2, 0) is 11.3 Å². The highest BCUT2D eigenvalue weighted by molar-refractivity contribution is 9.10. The topological polar surface area (TPSA) is 64.0 Å². The number of amides is 1. The van der Waals surface area contributed by atoms with E-state index in [4.69, 9.17) is 0 Å². The first-order chi connectivity index (χ1) is 7.79. The standard InChI is InChI=1S/C8H7BrF3N3O2/c9-5-1-13-4-15(7(5)17)2-6(16)14-3-8(10,11)12/h1,4H,2-3H2,(H,14,16). The van der Waals surface area contributed by atoms with Gasteiger partial charge in [0, 0.05) is 6.20 Å². The van der Waals surface area contributed by atoms with Gasteiger partial charge >= 0.3 is 6.18 Å². The first-order valence-electron chi connectivity index (χ1n) is 4.33. The van der Waals surface area contributed by atoms with Gasteiger partial charge < -0.3 is 5.32 Å². The number of halogens is 4. The molecule has 0 radical (unpaired) electrons. The molecule has 1 rings (SSSR count). The van der Waals surface area contributed by atoms with E-state index < -0.39 is 30.7 Å². The van der Waals surface area contributed by atoms with Gasteiger partial charge in [-0.2, -0.15) is 13.2 Å². The molecule has 5 nitrogen and oxygen atoms in total. The summed E-state index contributed by atoms with van der Waals surface area (Å²) in [5, 5.41) is 1.65. The highest BCUT2D eigenvalue weighted by Crippen LogP contribution is 2.11. The predicted octanol–water partition coefficient (Wildman–Crippen LogP) is 0.684. The van der Waals surface area contributed by atoms with Gasteiger partial charge in [0.05, 0.1) is 6.33 Å². The Morgan fingerprint density at radius 1 is 1.53 bits per heavy atom. The molecule has 1 N–H and O–H groups in total. The zero-order valence-electron chi connectivity index (χ0n) is 8.29. The molecular weight excluding hydrogens is 307 g/mol. The summed E-state index contributed by atoms with van der Waals surface area (Å²) < 4.78 is 36.4. The van der Waals surface area contributed by atoms with Crippen LogP contribution < -0.4 is 10.9 Å². The van der Waals surface area contributed by atoms with Gasteiger partial charge in [0.15, 0.2) is 0 Å². The van der Waals surface area contributed by atoms with E-state index >= 15 is 0 Å². The average Bonchev–Trinajstić information content (AvgIpc) is 2.21. The summed E-state index contributed by atoms with van der Waals surface area (Å²) in [6.45, 7) is -1.94. The summed E-state index contributed by atoms with van der Waals surface area (Å²) in [4.78, 5) is 26.1. The minimum Gasteiger partial charge on any atom is -0.345 e. The lowest BCUT2D eigenvalue weighted by Gasteiger charge is -2.09. The Morgan fingerprint density at radius 2 is 2.18 bits per heavy atom. The molecule has 0 unspecified atom stereocenters. The van der Waals surface area contributed by atoms with Gasteiger partial charge in [0.1, 0.15) is 17.6 Å². The minimum atomic E-state index is -4.48. The van der Waals surface area contributed by atoms with Crippen LogP contribution in [0.5, 0.6) is 0 Å². The molecule has 0 aromatic carbocycles. The van der Waals surface area contributed by atoms with Crippen molar-refractivity contribution in [1.29, 1.82) is 0 Å². The molecule has 0 spiro atoms. The van der Waals surface area contributed by atoms with Crippen LogP contribution in [0, 0.1) is 0 Å². The molecule has 9 heteroatoms. The van der Waals surface area contributed by atoms with Crippen molar-refractivity contribution >= 4 is 21.8 Å². The van der Waals surface area contributed by atoms with Crippen LogP contribution in [-0.4, -0.2) is 28.2 Å². The summed E-state index contributed by atoms with van der Waals surface area (Å²) >= 11 is 2.90. The SMILES string of the molecule is O=C(Cn1cncc(Br)c1=O)NCC(F)(F)F. The van der Waals surface area contributed by atoms with Crippen molar-refractivity contribution < 1.29 is 18.0 Å². The van der Waals surface area contributed by atoms with Crippen LogP contribution >= 0.6 is 15.9 Å². The van der Waals surface area contributed by atoms with Gasteiger partial charge in [0.2, 0.25) is 5.91 Å². The second kappa shape index (κ2) is 5.30. The molecule has 94 valence electrons. The van der Waals surface area contributed by atoms with Crippen molar-refractivity contribution in [3.63, 3.8) is 0 Å². The Bertz CT molecular complexity index is 472. The van der Waals surface area contributed by atoms with Crippen LogP contribution in [0.25, 0.3) is 0 Å². The molecule has 0 saturated heterocycles. The van der Waals surface area contributed by atoms with Crippen molar-refractivity contribution in [2.45, 2.75) is 12.7 Å². The summed E-state index contributed by atoms with van der Waals surface area (Å²) in [7, 11) is 0. The van der Waals surface area contributed by atoms with E-state index in [1.54, 1.807) is 5.32 Å². The molecule has 1 aromatic rings. The third-order valence-corrected chi connectivity index (χ3v) is 2.20. The van der Waals surface area contributed by atoms with Crippen LogP contribution in [0.3, 0.4) is 0 Å². The number of nitrogens with one attached hydrogen (secondary N) is 1. The lowest BCUT2D eigenvalue weighted by atomic mass is 10.5. The van der Waals surface area contributed by atoms with E-state index in [1.807, 2.05) is 0 Å². The monoisotopic (exact) mass is 313 g/mol. The maximum atomic E-state index is 11.8. The molecule has 1 heterocycles. The molecule has 0 fully saturated rings. The van der Waals surface area contributed by atoms with Crippen molar-refractivity contribution in [1.82, 2.24) is 14.9 Å². The smallest absolute Gasteiger partial charge is 0.345 e. The van der Waals surface area contributed by atoms with E-state index in [0.717, 1.165) is 10.9 Å². The lowest BCUT2D eigenvalue weighted by molar-refractivity contribution is -0.138. The Balaban J connectivity index is 2.63. The molecule has 0 atom stereocenters. The Morgan fingerprint density at radius 3 is 2.76 bits per heavy atom. The fraction of sp³-hybridized carbons (Fsp3) is 0.375. The fourth-order valence-electron chi connectivity index (χ4n) is 0.946. The van der Waals surface area contributed by atoms with Crippen LogP contribution in [0.4, 0.5) is 13.2 Å². The van der Waals surface area contributed by atoms with Gasteiger partial charge in [-0.25, -0.2) is 4.98 Å². The highest BCUT2D eigenvalue weighted by Gasteiger charge is 2.27. The Hall–Kier alpha value is -1.38. The molecule has 0 aliphatic carbocycles. The van der Waals surface area contributed by atoms with E-state index in [-0.39, 0.29) is 4.47 Å². The predicted molar refractivity (Wildman–Crippen MR) is 55.3 cm³/mol. The number of alkyl halides is 3. The van der Waals surface area contributed by atoms with Gasteiger partial charge in [0.25, 0.3) is 5.56 Å². The number of carbonyl (C=O) groups is 1. The molecule has 1 aromatic heterocycles. The van der Waals surface area contributed by atoms with Crippen LogP contribution in [0.15, 0.2) is 21.8 Å². The number of carbonyl (C=O) groups excluding carboxylic acids is 1. The Kier molecular flexibility index (Phi) is 4.27. The number of aromatic nitrogens is 2. The summed E-state index contributed by atoms with van der Waals surface area (Å²) in [6.07, 6.45) is -2.18. The fourth-order valence-corrected chi connectivity index (χ4v) is 1.29. The van der Waals surface area contributed by atoms with E-state index in [2.05, 4.69) is 20.9 Å². The molecule has 0 aliphatic heterocycles. The van der Waals surface area contributed by atoms with Gasteiger partial charge in [-0.15, -0.1) is 0 Å². The van der Waals surface area contributed by atoms with E-state index in [1.165, 1.54) is 6.20 Å². The summed E-state index contributed by atoms with van der Waals surface area (Å²) in [5.74, 6) is -0.913. The van der Waals surface area contributed by atoms with Gasteiger partial charge in [-0.1, -0.05) is 0 Å². The van der Waals surface area contributed by atoms with Gasteiger partial charge in [-0.05, 0) is 15.9 Å². The lowest BCUT2D eigenvalue weighted by Crippen LogP contribution is -2.37. The largest absolute Gasteiger partial charge is 0.405 e. The van der Waals surface area contributed by atoms with Crippen molar-refractivity contribution in [3.8, 4) is 0 Å². The zero-order valence-corrected chi connectivity index (χ0v) is 9.88. The third kappa shape index (κ3) is 4.55. The normalized spacial score (nSPS) is 11.3. The highest BCUT2D eigenvalue weighted by atomic mass is 79.9. The number of nitrogens with zero attached hydrogens (tertiary/aromatic N) is 2. The molecule has 17 heavy (non-hydrogen) atoms. The maximum absolute atomic E-state index is 11.8. The van der Waals surface area contributed by atoms with Crippen molar-refractivity contribution in [2.75, 3.05) is 6.54 Å². The minimum absolute atomic E-state index is 0.128. The molecule has 0 bridgehead atoms. The first kappa shape index (κ1) is 13.7. The number of rotatable bonds is 3. The summed E-state index contributed by atoms with van der Waals surface area (Å²) in [6, 6.07) is 0. The second-order valence-corrected chi connectivity index (χ2v) is 3.92. The second-order valence-electron chi connectivity index (χ2n) is 3.07. The van der Waals surface area contributed by atoms with Crippen LogP contribution in [0.2, 0.25) is 0 Å². The van der Waals surface area contributed by atoms with Gasteiger partial charge in [-0.3, -0.25) is 14.2 Å². The maximum Gasteiger partial charge on any atom is 0.405 e. The Labute approximate surface area is 102 Å². The van der Waals surface area contributed by atoms with E-state index in [9.17, 15) is 22.8 Å². The van der Waals surface area contributed by atoms with Crippen molar-refractivity contribution in [3.05, 3.63) is 27.4 Å². The van der Waals surface area contributed by atoms with Crippen molar-refractivity contribution in [2.24, 2.45) is 0 Å². The summed E-state index contributed by atoms with van der Waals surface area (Å²) in [5.41, 5.74) is -0.540. The quantitative estimate of drug-likeness (QED) is 0.892. The molecule has 0 saturated carbocycles. The van der Waals surface area contributed by atoms with E-state index in [0.29, 0.717) is 0 Å². The third-order valence-electron chi connectivity index (χ3n) is 1.66. The number of hydrogen-bond donors (Lipinski definition) is 1. The zero-order chi connectivity index (χ0) is 13.1. The molecule has 0 aliphatic rings. The molecular formula is C8H7BrF3N3O2. The average molecular weight is 314 g/mol. The van der Waals surface area contributed by atoms with Crippen LogP contribution in [0.1, 0.15) is 0 Å². The first-order valence-corrected chi connectivity index (χ1v) is 5.12.